The average molecular weight is 269 g/mol. The van der Waals surface area contributed by atoms with Crippen LogP contribution in [0, 0.1) is 0 Å². The predicted molar refractivity (Wildman–Crippen MR) is 63.2 cm³/mol. The van der Waals surface area contributed by atoms with E-state index in [4.69, 9.17) is 10.8 Å². The van der Waals surface area contributed by atoms with E-state index in [1.165, 1.54) is 0 Å². The normalized spacial score (nSPS) is 10.5. The summed E-state index contributed by atoms with van der Waals surface area (Å²) in [4.78, 5) is 38.2. The minimum atomic E-state index is -1.26. The molecule has 0 spiro atoms. The molecule has 9 nitrogen and oxygen atoms in total. The minimum absolute atomic E-state index is 0.0399. The van der Waals surface area contributed by atoms with Gasteiger partial charge in [-0.1, -0.05) is 13.8 Å². The number of nitrogens with zero attached hydrogens (tertiary/aromatic N) is 3. The van der Waals surface area contributed by atoms with Crippen LogP contribution in [0.5, 0.6) is 0 Å². The Balaban J connectivity index is 2.90. The van der Waals surface area contributed by atoms with Crippen molar-refractivity contribution < 1.29 is 19.5 Å². The molecule has 0 aliphatic rings. The van der Waals surface area contributed by atoms with E-state index >= 15 is 0 Å². The Morgan fingerprint density at radius 2 is 2.00 bits per heavy atom. The second kappa shape index (κ2) is 5.94. The molecule has 0 aliphatic carbocycles. The molecular formula is C10H15N5O4. The highest BCUT2D eigenvalue weighted by atomic mass is 16.4. The molecule has 0 atom stereocenters. The van der Waals surface area contributed by atoms with Gasteiger partial charge in [0, 0.05) is 5.92 Å². The number of aromatic amines is 1. The van der Waals surface area contributed by atoms with E-state index in [0.717, 1.165) is 4.90 Å². The van der Waals surface area contributed by atoms with Crippen LogP contribution in [-0.4, -0.2) is 56.1 Å². The highest BCUT2D eigenvalue weighted by molar-refractivity contribution is 5.95. The summed E-state index contributed by atoms with van der Waals surface area (Å²) in [7, 11) is 0. The maximum atomic E-state index is 12.0. The fourth-order valence-electron chi connectivity index (χ4n) is 1.32. The number of hydrogen-bond donors (Lipinski definition) is 3. The lowest BCUT2D eigenvalue weighted by Crippen LogP contribution is -2.42. The first-order valence-corrected chi connectivity index (χ1v) is 5.53. The van der Waals surface area contributed by atoms with Gasteiger partial charge in [-0.2, -0.15) is 0 Å². The number of amides is 2. The van der Waals surface area contributed by atoms with Crippen molar-refractivity contribution in [3.63, 3.8) is 0 Å². The third-order valence-corrected chi connectivity index (χ3v) is 2.20. The van der Waals surface area contributed by atoms with Gasteiger partial charge in [0.15, 0.2) is 0 Å². The van der Waals surface area contributed by atoms with Gasteiger partial charge >= 0.3 is 5.97 Å². The number of aromatic nitrogens is 3. The van der Waals surface area contributed by atoms with E-state index in [2.05, 4.69) is 15.2 Å². The van der Waals surface area contributed by atoms with Crippen molar-refractivity contribution in [3.05, 3.63) is 11.6 Å². The van der Waals surface area contributed by atoms with E-state index < -0.39 is 30.9 Å². The fraction of sp³-hybridized carbons (Fsp3) is 0.500. The van der Waals surface area contributed by atoms with Gasteiger partial charge in [0.05, 0.1) is 0 Å². The van der Waals surface area contributed by atoms with Gasteiger partial charge in [-0.15, -0.1) is 5.10 Å². The number of primary amides is 1. The number of aliphatic carboxylic acids is 1. The van der Waals surface area contributed by atoms with Crippen molar-refractivity contribution in [2.75, 3.05) is 13.1 Å². The van der Waals surface area contributed by atoms with Crippen LogP contribution < -0.4 is 5.73 Å². The third-order valence-electron chi connectivity index (χ3n) is 2.20. The van der Waals surface area contributed by atoms with E-state index in [1.54, 1.807) is 0 Å². The number of hydrogen-bond acceptors (Lipinski definition) is 5. The number of carboxylic acids is 1. The van der Waals surface area contributed by atoms with Gasteiger partial charge in [-0.3, -0.25) is 19.5 Å². The van der Waals surface area contributed by atoms with Gasteiger partial charge in [0.1, 0.15) is 18.9 Å². The van der Waals surface area contributed by atoms with Crippen LogP contribution in [0.4, 0.5) is 0 Å². The summed E-state index contributed by atoms with van der Waals surface area (Å²) in [5.41, 5.74) is 4.96. The zero-order chi connectivity index (χ0) is 14.6. The van der Waals surface area contributed by atoms with Crippen molar-refractivity contribution in [2.24, 2.45) is 5.73 Å². The van der Waals surface area contributed by atoms with Crippen LogP contribution in [0.3, 0.4) is 0 Å². The van der Waals surface area contributed by atoms with Crippen molar-refractivity contribution in [2.45, 2.75) is 19.8 Å². The summed E-state index contributed by atoms with van der Waals surface area (Å²) in [6, 6.07) is 0. The molecule has 1 heterocycles. The summed E-state index contributed by atoms with van der Waals surface area (Å²) in [5, 5.41) is 15.0. The number of carbonyl (C=O) groups is 3. The first-order valence-electron chi connectivity index (χ1n) is 5.53. The summed E-state index contributed by atoms with van der Waals surface area (Å²) >= 11 is 0. The summed E-state index contributed by atoms with van der Waals surface area (Å²) in [6.07, 6.45) is 0. The number of nitrogens with one attached hydrogen (secondary N) is 1. The van der Waals surface area contributed by atoms with Crippen LogP contribution >= 0.6 is 0 Å². The monoisotopic (exact) mass is 269 g/mol. The highest BCUT2D eigenvalue weighted by Gasteiger charge is 2.24. The number of H-pyrrole nitrogens is 1. The maximum absolute atomic E-state index is 12.0. The van der Waals surface area contributed by atoms with Crippen LogP contribution in [0.1, 0.15) is 36.2 Å². The smallest absolute Gasteiger partial charge is 0.323 e. The Bertz CT molecular complexity index is 480. The molecule has 4 N–H and O–H groups in total. The lowest BCUT2D eigenvalue weighted by atomic mass is 10.2. The van der Waals surface area contributed by atoms with Gasteiger partial charge in [0.25, 0.3) is 5.91 Å². The Morgan fingerprint density at radius 1 is 1.37 bits per heavy atom. The van der Waals surface area contributed by atoms with Gasteiger partial charge < -0.3 is 15.7 Å². The molecule has 0 aromatic carbocycles. The standard InChI is InChI=1S/C10H15N5O4/c1-5(2)8-12-9(14-13-8)10(19)15(3-6(11)16)4-7(17)18/h5H,3-4H2,1-2H3,(H2,11,16)(H,17,18)(H,12,13,14). The van der Waals surface area contributed by atoms with E-state index in [1.807, 2.05) is 13.8 Å². The van der Waals surface area contributed by atoms with E-state index in [9.17, 15) is 14.4 Å². The molecule has 1 aromatic rings. The molecular weight excluding hydrogens is 254 g/mol. The molecule has 0 fully saturated rings. The quantitative estimate of drug-likeness (QED) is 0.600. The first-order chi connectivity index (χ1) is 8.81. The van der Waals surface area contributed by atoms with Gasteiger partial charge in [-0.05, 0) is 0 Å². The van der Waals surface area contributed by atoms with Gasteiger partial charge in [-0.25, -0.2) is 4.98 Å². The lowest BCUT2D eigenvalue weighted by Gasteiger charge is -2.16. The van der Waals surface area contributed by atoms with Crippen LogP contribution in [0.25, 0.3) is 0 Å². The minimum Gasteiger partial charge on any atom is -0.480 e. The molecule has 0 saturated heterocycles. The van der Waals surface area contributed by atoms with Crippen LogP contribution in [0.2, 0.25) is 0 Å². The zero-order valence-corrected chi connectivity index (χ0v) is 10.6. The second-order valence-corrected chi connectivity index (χ2v) is 4.22. The molecule has 104 valence electrons. The predicted octanol–water partition coefficient (Wildman–Crippen LogP) is -1.06. The topological polar surface area (TPSA) is 142 Å². The lowest BCUT2D eigenvalue weighted by molar-refractivity contribution is -0.138. The Morgan fingerprint density at radius 3 is 2.42 bits per heavy atom. The number of carboxylic acid groups (broad SMARTS) is 1. The molecule has 0 bridgehead atoms. The summed E-state index contributed by atoms with van der Waals surface area (Å²) < 4.78 is 0. The molecule has 19 heavy (non-hydrogen) atoms. The number of rotatable bonds is 6. The largest absolute Gasteiger partial charge is 0.480 e. The Labute approximate surface area is 108 Å². The SMILES string of the molecule is CC(C)c1nc(C(=O)N(CC(N)=O)CC(=O)O)n[nH]1. The molecule has 0 radical (unpaired) electrons. The molecule has 0 aliphatic heterocycles. The molecule has 1 rings (SSSR count). The van der Waals surface area contributed by atoms with E-state index in [-0.39, 0.29) is 11.7 Å². The second-order valence-electron chi connectivity index (χ2n) is 4.22. The number of nitrogens with two attached hydrogens (primary N) is 1. The molecule has 0 saturated carbocycles. The zero-order valence-electron chi connectivity index (χ0n) is 10.6. The first kappa shape index (κ1) is 14.6. The average Bonchev–Trinajstić information content (AvgIpc) is 2.75. The summed E-state index contributed by atoms with van der Waals surface area (Å²) in [5.74, 6) is -2.48. The van der Waals surface area contributed by atoms with Crippen molar-refractivity contribution in [1.82, 2.24) is 20.1 Å². The van der Waals surface area contributed by atoms with Crippen molar-refractivity contribution in [3.8, 4) is 0 Å². The highest BCUT2D eigenvalue weighted by Crippen LogP contribution is 2.08. The fourth-order valence-corrected chi connectivity index (χ4v) is 1.32. The Hall–Kier alpha value is -2.45. The van der Waals surface area contributed by atoms with E-state index in [0.29, 0.717) is 5.82 Å². The van der Waals surface area contributed by atoms with Crippen molar-refractivity contribution in [1.29, 1.82) is 0 Å². The Kier molecular flexibility index (Phi) is 4.56. The molecule has 0 unspecified atom stereocenters. The molecule has 2 amide bonds. The van der Waals surface area contributed by atoms with Gasteiger partial charge in [0.2, 0.25) is 11.7 Å². The summed E-state index contributed by atoms with van der Waals surface area (Å²) in [6.45, 7) is 2.56. The van der Waals surface area contributed by atoms with Crippen LogP contribution in [-0.2, 0) is 9.59 Å². The maximum Gasteiger partial charge on any atom is 0.323 e. The number of carbonyl (C=O) groups excluding carboxylic acids is 2. The van der Waals surface area contributed by atoms with Crippen LogP contribution in [0.15, 0.2) is 0 Å². The third kappa shape index (κ3) is 4.05. The van der Waals surface area contributed by atoms with Crippen molar-refractivity contribution >= 4 is 17.8 Å². The molecule has 1 aromatic heterocycles. The molecule has 9 heteroatoms.